The first-order chi connectivity index (χ1) is 13.0. The molecule has 0 atom stereocenters. The lowest BCUT2D eigenvalue weighted by Gasteiger charge is -2.59. The van der Waals surface area contributed by atoms with Gasteiger partial charge < -0.3 is 14.4 Å². The molecule has 1 aliphatic carbocycles. The molecule has 1 aromatic carbocycles. The van der Waals surface area contributed by atoms with Crippen LogP contribution in [0, 0.1) is 0 Å². The molecule has 0 unspecified atom stereocenters. The third-order valence-corrected chi connectivity index (χ3v) is 6.59. The minimum absolute atomic E-state index is 0.138. The van der Waals surface area contributed by atoms with Crippen LogP contribution in [0.4, 0.5) is 9.18 Å². The molecule has 1 saturated carbocycles. The summed E-state index contributed by atoms with van der Waals surface area (Å²) in [5, 5.41) is 9.95. The van der Waals surface area contributed by atoms with E-state index in [1.807, 2.05) is 72.7 Å². The van der Waals surface area contributed by atoms with Crippen LogP contribution in [0.3, 0.4) is 0 Å². The van der Waals surface area contributed by atoms with Gasteiger partial charge in [0.2, 0.25) is 0 Å². The summed E-state index contributed by atoms with van der Waals surface area (Å²) in [6.45, 7) is 15.1. The van der Waals surface area contributed by atoms with Crippen LogP contribution in [-0.4, -0.2) is 45.6 Å². The molecular formula is C22H33BFNO4. The molecule has 29 heavy (non-hydrogen) atoms. The van der Waals surface area contributed by atoms with Crippen LogP contribution in [-0.2, 0) is 14.8 Å². The van der Waals surface area contributed by atoms with Crippen molar-refractivity contribution >= 4 is 18.7 Å². The van der Waals surface area contributed by atoms with E-state index in [4.69, 9.17) is 9.31 Å². The average molecular weight is 405 g/mol. The van der Waals surface area contributed by atoms with Crippen LogP contribution >= 0.6 is 0 Å². The molecule has 1 aliphatic heterocycles. The SMILES string of the molecule is CC1(F)CC(c2ccc(B3OC(C)(C)C(C)(C)O3)cc2)(N(C(=O)O)C(C)(C)C)C1. The van der Waals surface area contributed by atoms with Crippen molar-refractivity contribution in [2.24, 2.45) is 0 Å². The number of amides is 1. The Morgan fingerprint density at radius 3 is 1.83 bits per heavy atom. The number of rotatable bonds is 3. The Bertz CT molecular complexity index is 774. The van der Waals surface area contributed by atoms with Crippen LogP contribution in [0.25, 0.3) is 0 Å². The summed E-state index contributed by atoms with van der Waals surface area (Å²) in [5.74, 6) is 0. The lowest BCUT2D eigenvalue weighted by Crippen LogP contribution is -2.66. The third-order valence-electron chi connectivity index (χ3n) is 6.59. The van der Waals surface area contributed by atoms with Crippen LogP contribution in [0.5, 0.6) is 0 Å². The third kappa shape index (κ3) is 3.68. The fourth-order valence-electron chi connectivity index (χ4n) is 4.70. The highest BCUT2D eigenvalue weighted by atomic mass is 19.1. The van der Waals surface area contributed by atoms with Crippen molar-refractivity contribution in [2.75, 3.05) is 0 Å². The predicted molar refractivity (Wildman–Crippen MR) is 112 cm³/mol. The number of hydrogen-bond donors (Lipinski definition) is 1. The van der Waals surface area contributed by atoms with Crippen LogP contribution < -0.4 is 5.46 Å². The van der Waals surface area contributed by atoms with Gasteiger partial charge in [0, 0.05) is 18.4 Å². The van der Waals surface area contributed by atoms with Gasteiger partial charge in [0.15, 0.2) is 0 Å². The highest BCUT2D eigenvalue weighted by molar-refractivity contribution is 6.62. The van der Waals surface area contributed by atoms with E-state index in [0.29, 0.717) is 0 Å². The van der Waals surface area contributed by atoms with E-state index in [0.717, 1.165) is 11.0 Å². The van der Waals surface area contributed by atoms with Gasteiger partial charge in [-0.2, -0.15) is 0 Å². The Balaban J connectivity index is 1.95. The largest absolute Gasteiger partial charge is 0.494 e. The first kappa shape index (κ1) is 22.1. The highest BCUT2D eigenvalue weighted by Gasteiger charge is 2.60. The average Bonchev–Trinajstić information content (AvgIpc) is 2.71. The molecule has 1 heterocycles. The van der Waals surface area contributed by atoms with Crippen molar-refractivity contribution < 1.29 is 23.6 Å². The number of carboxylic acid groups (broad SMARTS) is 1. The number of halogens is 1. The molecule has 1 N–H and O–H groups in total. The molecule has 1 aromatic rings. The second kappa shape index (κ2) is 6.45. The lowest BCUT2D eigenvalue weighted by molar-refractivity contribution is -0.114. The van der Waals surface area contributed by atoms with Gasteiger partial charge >= 0.3 is 13.2 Å². The van der Waals surface area contributed by atoms with Crippen molar-refractivity contribution in [3.63, 3.8) is 0 Å². The summed E-state index contributed by atoms with van der Waals surface area (Å²) in [7, 11) is -0.490. The monoisotopic (exact) mass is 405 g/mol. The van der Waals surface area contributed by atoms with Gasteiger partial charge in [0.05, 0.1) is 16.7 Å². The van der Waals surface area contributed by atoms with Gasteiger partial charge in [0.1, 0.15) is 5.67 Å². The van der Waals surface area contributed by atoms with Crippen LogP contribution in [0.15, 0.2) is 24.3 Å². The first-order valence-corrected chi connectivity index (χ1v) is 10.2. The van der Waals surface area contributed by atoms with Crippen LogP contribution in [0.2, 0.25) is 0 Å². The van der Waals surface area contributed by atoms with Gasteiger partial charge in [-0.25, -0.2) is 9.18 Å². The standard InChI is InChI=1S/C22H33BFNO4/c1-18(2,3)25(17(26)27)22(13-21(8,24)14-22)15-9-11-16(12-10-15)23-28-19(4,5)20(6,7)29-23/h9-12H,13-14H2,1-8H3,(H,26,27). The molecule has 0 bridgehead atoms. The second-order valence-corrected chi connectivity index (χ2v) is 10.8. The molecule has 5 nitrogen and oxygen atoms in total. The predicted octanol–water partition coefficient (Wildman–Crippen LogP) is 4.48. The summed E-state index contributed by atoms with van der Waals surface area (Å²) in [5.41, 5.74) is -2.15. The molecule has 0 spiro atoms. The fraction of sp³-hybridized carbons (Fsp3) is 0.682. The minimum atomic E-state index is -1.39. The van der Waals surface area contributed by atoms with Crippen molar-refractivity contribution in [1.82, 2.24) is 4.90 Å². The quantitative estimate of drug-likeness (QED) is 0.754. The van der Waals surface area contributed by atoms with E-state index in [-0.39, 0.29) is 12.8 Å². The Morgan fingerprint density at radius 1 is 1.03 bits per heavy atom. The van der Waals surface area contributed by atoms with Crippen molar-refractivity contribution in [3.8, 4) is 0 Å². The highest BCUT2D eigenvalue weighted by Crippen LogP contribution is 2.56. The Labute approximate surface area is 173 Å². The molecule has 2 fully saturated rings. The fourth-order valence-corrected chi connectivity index (χ4v) is 4.70. The van der Waals surface area contributed by atoms with Gasteiger partial charge in [-0.1, -0.05) is 24.3 Å². The molecule has 0 radical (unpaired) electrons. The number of nitrogens with zero attached hydrogens (tertiary/aromatic N) is 1. The summed E-state index contributed by atoms with van der Waals surface area (Å²) in [6.07, 6.45) is -0.762. The molecular weight excluding hydrogens is 372 g/mol. The minimum Gasteiger partial charge on any atom is -0.465 e. The topological polar surface area (TPSA) is 59.0 Å². The molecule has 7 heteroatoms. The molecule has 2 aliphatic rings. The molecule has 3 rings (SSSR count). The molecule has 0 aromatic heterocycles. The zero-order valence-electron chi connectivity index (χ0n) is 18.8. The summed E-state index contributed by atoms with van der Waals surface area (Å²) >= 11 is 0. The van der Waals surface area contributed by atoms with E-state index < -0.39 is 41.2 Å². The maximum absolute atomic E-state index is 14.6. The Kier molecular flexibility index (Phi) is 4.91. The maximum Gasteiger partial charge on any atom is 0.494 e. The normalized spacial score (nSPS) is 30.7. The molecule has 1 amide bonds. The van der Waals surface area contributed by atoms with Crippen molar-refractivity contribution in [3.05, 3.63) is 29.8 Å². The van der Waals surface area contributed by atoms with Gasteiger partial charge in [-0.05, 0) is 66.4 Å². The summed E-state index contributed by atoms with van der Waals surface area (Å²) < 4.78 is 26.8. The van der Waals surface area contributed by atoms with Gasteiger partial charge in [-0.3, -0.25) is 4.90 Å². The van der Waals surface area contributed by atoms with E-state index in [1.54, 1.807) is 0 Å². The Morgan fingerprint density at radius 2 is 1.48 bits per heavy atom. The molecule has 1 saturated heterocycles. The zero-order chi connectivity index (χ0) is 22.0. The number of alkyl halides is 1. The second-order valence-electron chi connectivity index (χ2n) is 10.8. The van der Waals surface area contributed by atoms with Crippen LogP contribution in [0.1, 0.15) is 73.8 Å². The molecule has 160 valence electrons. The van der Waals surface area contributed by atoms with Gasteiger partial charge in [0.25, 0.3) is 0 Å². The van der Waals surface area contributed by atoms with E-state index >= 15 is 0 Å². The van der Waals surface area contributed by atoms with Gasteiger partial charge in [-0.15, -0.1) is 0 Å². The van der Waals surface area contributed by atoms with E-state index in [1.165, 1.54) is 11.8 Å². The van der Waals surface area contributed by atoms with Crippen molar-refractivity contribution in [1.29, 1.82) is 0 Å². The lowest BCUT2D eigenvalue weighted by atomic mass is 9.61. The zero-order valence-corrected chi connectivity index (χ0v) is 18.8. The summed E-state index contributed by atoms with van der Waals surface area (Å²) in [6, 6.07) is 7.57. The number of carbonyl (C=O) groups is 1. The first-order valence-electron chi connectivity index (χ1n) is 10.2. The Hall–Kier alpha value is -1.60. The summed E-state index contributed by atoms with van der Waals surface area (Å²) in [4.78, 5) is 13.6. The van der Waals surface area contributed by atoms with E-state index in [9.17, 15) is 14.3 Å². The van der Waals surface area contributed by atoms with E-state index in [2.05, 4.69) is 0 Å². The maximum atomic E-state index is 14.6. The number of benzene rings is 1. The smallest absolute Gasteiger partial charge is 0.465 e. The van der Waals surface area contributed by atoms with Crippen molar-refractivity contribution in [2.45, 2.75) is 96.2 Å². The number of hydrogen-bond acceptors (Lipinski definition) is 3.